The molecule has 0 saturated heterocycles. The van der Waals surface area contributed by atoms with Crippen molar-refractivity contribution in [3.8, 4) is 0 Å². The summed E-state index contributed by atoms with van der Waals surface area (Å²) in [4.78, 5) is 22.0. The van der Waals surface area contributed by atoms with Crippen molar-refractivity contribution >= 4 is 29.1 Å². The highest BCUT2D eigenvalue weighted by molar-refractivity contribution is 8.00. The number of ketones is 1. The Morgan fingerprint density at radius 1 is 1.20 bits per heavy atom. The maximum Gasteiger partial charge on any atom is 0.234 e. The molecule has 0 spiro atoms. The first-order chi connectivity index (χ1) is 7.18. The summed E-state index contributed by atoms with van der Waals surface area (Å²) in [5, 5.41) is 2.74. The smallest absolute Gasteiger partial charge is 0.234 e. The van der Waals surface area contributed by atoms with E-state index >= 15 is 0 Å². The number of carbonyl (C=O) groups excluding carboxylic acids is 2. The Morgan fingerprint density at radius 3 is 2.47 bits per heavy atom. The number of rotatable bonds is 5. The van der Waals surface area contributed by atoms with Gasteiger partial charge in [-0.25, -0.2) is 0 Å². The number of hydrogen-bond donors (Lipinski definition) is 1. The van der Waals surface area contributed by atoms with E-state index in [2.05, 4.69) is 5.32 Å². The minimum atomic E-state index is -0.0764. The summed E-state index contributed by atoms with van der Waals surface area (Å²) in [5.41, 5.74) is 0.783. The van der Waals surface area contributed by atoms with E-state index in [1.807, 2.05) is 30.3 Å². The normalized spacial score (nSPS) is 9.67. The van der Waals surface area contributed by atoms with Crippen LogP contribution in [0, 0.1) is 0 Å². The van der Waals surface area contributed by atoms with Gasteiger partial charge in [0.05, 0.1) is 11.5 Å². The number of Topliss-reactive ketones (excluding diaryl/α,β-unsaturated/α-hetero) is 1. The lowest BCUT2D eigenvalue weighted by atomic mass is 10.3. The van der Waals surface area contributed by atoms with Gasteiger partial charge in [-0.2, -0.15) is 0 Å². The molecule has 0 aromatic heterocycles. The highest BCUT2D eigenvalue weighted by Gasteiger charge is 2.02. The zero-order valence-electron chi connectivity index (χ0n) is 8.53. The minimum Gasteiger partial charge on any atom is -0.325 e. The summed E-state index contributed by atoms with van der Waals surface area (Å²) < 4.78 is 0. The standard InChI is InChI=1S/C11H13NO2S/c1-9(13)7-15-8-11(14)12-10-5-3-2-4-6-10/h2-6H,7-8H2,1H3,(H,12,14). The number of amides is 1. The van der Waals surface area contributed by atoms with Crippen LogP contribution in [0.1, 0.15) is 6.92 Å². The average molecular weight is 223 g/mol. The van der Waals surface area contributed by atoms with Crippen LogP contribution in [0.2, 0.25) is 0 Å². The fourth-order valence-corrected chi connectivity index (χ4v) is 1.65. The van der Waals surface area contributed by atoms with Gasteiger partial charge in [0.25, 0.3) is 0 Å². The van der Waals surface area contributed by atoms with Crippen molar-refractivity contribution in [3.05, 3.63) is 30.3 Å². The SMILES string of the molecule is CC(=O)CSCC(=O)Nc1ccccc1. The second-order valence-corrected chi connectivity index (χ2v) is 4.09. The van der Waals surface area contributed by atoms with Gasteiger partial charge in [0.15, 0.2) is 0 Å². The van der Waals surface area contributed by atoms with E-state index in [9.17, 15) is 9.59 Å². The fourth-order valence-electron chi connectivity index (χ4n) is 1.01. The molecule has 0 fully saturated rings. The van der Waals surface area contributed by atoms with Crippen LogP contribution in [-0.2, 0) is 9.59 Å². The molecule has 4 heteroatoms. The van der Waals surface area contributed by atoms with Crippen LogP contribution >= 0.6 is 11.8 Å². The molecule has 0 saturated carbocycles. The molecule has 1 aromatic rings. The van der Waals surface area contributed by atoms with Gasteiger partial charge in [-0.05, 0) is 19.1 Å². The van der Waals surface area contributed by atoms with Crippen LogP contribution in [-0.4, -0.2) is 23.2 Å². The van der Waals surface area contributed by atoms with Crippen LogP contribution < -0.4 is 5.32 Å². The molecule has 1 amide bonds. The van der Waals surface area contributed by atoms with Gasteiger partial charge < -0.3 is 5.32 Å². The Morgan fingerprint density at radius 2 is 1.87 bits per heavy atom. The molecule has 0 heterocycles. The second-order valence-electron chi connectivity index (χ2n) is 3.11. The lowest BCUT2D eigenvalue weighted by Crippen LogP contribution is -2.14. The Balaban J connectivity index is 2.28. The van der Waals surface area contributed by atoms with Crippen LogP contribution in [0.5, 0.6) is 0 Å². The first-order valence-electron chi connectivity index (χ1n) is 4.60. The van der Waals surface area contributed by atoms with Gasteiger partial charge in [0, 0.05) is 5.69 Å². The maximum absolute atomic E-state index is 11.4. The number of carbonyl (C=O) groups is 2. The number of hydrogen-bond acceptors (Lipinski definition) is 3. The van der Waals surface area contributed by atoms with Crippen molar-refractivity contribution in [3.63, 3.8) is 0 Å². The average Bonchev–Trinajstić information content (AvgIpc) is 2.18. The highest BCUT2D eigenvalue weighted by Crippen LogP contribution is 2.06. The summed E-state index contributed by atoms with van der Waals surface area (Å²) in [5.74, 6) is 0.719. The molecule has 0 atom stereocenters. The first-order valence-corrected chi connectivity index (χ1v) is 5.76. The molecule has 1 aromatic carbocycles. The predicted octanol–water partition coefficient (Wildman–Crippen LogP) is 1.95. The molecule has 15 heavy (non-hydrogen) atoms. The van der Waals surface area contributed by atoms with E-state index in [0.717, 1.165) is 5.69 Å². The van der Waals surface area contributed by atoms with Crippen molar-refractivity contribution in [2.24, 2.45) is 0 Å². The molecule has 0 unspecified atom stereocenters. The number of nitrogens with one attached hydrogen (secondary N) is 1. The summed E-state index contributed by atoms with van der Waals surface area (Å²) >= 11 is 1.33. The van der Waals surface area contributed by atoms with Crippen molar-refractivity contribution in [2.45, 2.75) is 6.92 Å². The van der Waals surface area contributed by atoms with Crippen LogP contribution in [0.3, 0.4) is 0 Å². The lowest BCUT2D eigenvalue weighted by Gasteiger charge is -2.03. The molecular formula is C11H13NO2S. The fraction of sp³-hybridized carbons (Fsp3) is 0.273. The first kappa shape index (κ1) is 11.8. The number of thioether (sulfide) groups is 1. The number of benzene rings is 1. The zero-order chi connectivity index (χ0) is 11.1. The third-order valence-electron chi connectivity index (χ3n) is 1.60. The maximum atomic E-state index is 11.4. The molecule has 1 rings (SSSR count). The van der Waals surface area contributed by atoms with E-state index < -0.39 is 0 Å². The third-order valence-corrected chi connectivity index (χ3v) is 2.67. The monoisotopic (exact) mass is 223 g/mol. The molecular weight excluding hydrogens is 210 g/mol. The molecule has 0 radical (unpaired) electrons. The number of anilines is 1. The molecule has 0 bridgehead atoms. The van der Waals surface area contributed by atoms with Gasteiger partial charge in [-0.1, -0.05) is 18.2 Å². The van der Waals surface area contributed by atoms with Gasteiger partial charge >= 0.3 is 0 Å². The van der Waals surface area contributed by atoms with Gasteiger partial charge in [0.1, 0.15) is 5.78 Å². The largest absolute Gasteiger partial charge is 0.325 e. The predicted molar refractivity (Wildman–Crippen MR) is 63.1 cm³/mol. The van der Waals surface area contributed by atoms with Crippen LogP contribution in [0.15, 0.2) is 30.3 Å². The molecule has 3 nitrogen and oxygen atoms in total. The van der Waals surface area contributed by atoms with Crippen molar-refractivity contribution in [1.29, 1.82) is 0 Å². The van der Waals surface area contributed by atoms with Crippen LogP contribution in [0.25, 0.3) is 0 Å². The molecule has 0 aliphatic carbocycles. The number of para-hydroxylation sites is 1. The summed E-state index contributed by atoms with van der Waals surface area (Å²) in [7, 11) is 0. The van der Waals surface area contributed by atoms with Crippen molar-refractivity contribution in [1.82, 2.24) is 0 Å². The Labute approximate surface area is 93.3 Å². The van der Waals surface area contributed by atoms with Gasteiger partial charge in [0.2, 0.25) is 5.91 Å². The van der Waals surface area contributed by atoms with E-state index in [1.165, 1.54) is 18.7 Å². The topological polar surface area (TPSA) is 46.2 Å². The molecule has 0 aliphatic rings. The van der Waals surface area contributed by atoms with Crippen molar-refractivity contribution < 1.29 is 9.59 Å². The van der Waals surface area contributed by atoms with E-state index in [1.54, 1.807) is 0 Å². The second kappa shape index (κ2) is 6.24. The zero-order valence-corrected chi connectivity index (χ0v) is 9.34. The van der Waals surface area contributed by atoms with Crippen LogP contribution in [0.4, 0.5) is 5.69 Å². The van der Waals surface area contributed by atoms with E-state index in [-0.39, 0.29) is 11.7 Å². The summed E-state index contributed by atoms with van der Waals surface area (Å²) in [6.45, 7) is 1.52. The summed E-state index contributed by atoms with van der Waals surface area (Å²) in [6, 6.07) is 9.26. The Kier molecular flexibility index (Phi) is 4.90. The Hall–Kier alpha value is -1.29. The van der Waals surface area contributed by atoms with Crippen molar-refractivity contribution in [2.75, 3.05) is 16.8 Å². The molecule has 0 aliphatic heterocycles. The van der Waals surface area contributed by atoms with E-state index in [4.69, 9.17) is 0 Å². The molecule has 80 valence electrons. The quantitative estimate of drug-likeness (QED) is 0.829. The van der Waals surface area contributed by atoms with Gasteiger partial charge in [-0.15, -0.1) is 11.8 Å². The Bertz CT molecular complexity index is 338. The molecule has 1 N–H and O–H groups in total. The highest BCUT2D eigenvalue weighted by atomic mass is 32.2. The van der Waals surface area contributed by atoms with E-state index in [0.29, 0.717) is 11.5 Å². The third kappa shape index (κ3) is 5.22. The summed E-state index contributed by atoms with van der Waals surface area (Å²) in [6.07, 6.45) is 0. The minimum absolute atomic E-state index is 0.0764. The van der Waals surface area contributed by atoms with Gasteiger partial charge in [-0.3, -0.25) is 9.59 Å². The lowest BCUT2D eigenvalue weighted by molar-refractivity contribution is -0.114.